The normalized spacial score (nSPS) is 11.4. The molecule has 0 spiro atoms. The Balaban J connectivity index is 2.56. The first-order chi connectivity index (χ1) is 8.02. The lowest BCUT2D eigenvalue weighted by Crippen LogP contribution is -2.00. The second-order valence-electron chi connectivity index (χ2n) is 3.22. The molecule has 0 atom stereocenters. The van der Waals surface area contributed by atoms with Crippen molar-refractivity contribution < 1.29 is 13.2 Å². The topological polar surface area (TPSA) is 61.2 Å². The van der Waals surface area contributed by atoms with Crippen LogP contribution in [0.4, 0.5) is 0 Å². The molecule has 0 saturated carbocycles. The number of hydrogen-bond donors (Lipinski definition) is 0. The average Bonchev–Trinajstić information content (AvgIpc) is 2.80. The number of rotatable bonds is 3. The van der Waals surface area contributed by atoms with Gasteiger partial charge in [0.1, 0.15) is 10.6 Å². The lowest BCUT2D eigenvalue weighted by Gasteiger charge is -2.08. The number of aromatic nitrogens is 2. The molecule has 0 amide bonds. The first kappa shape index (κ1) is 11.9. The van der Waals surface area contributed by atoms with Gasteiger partial charge in [0.05, 0.1) is 12.8 Å². The Hall–Kier alpha value is -1.53. The number of halogens is 1. The Bertz CT molecular complexity index is 623. The SMILES string of the molecule is COc1cc(-n2cccn2)ccc1S(=O)(=O)Cl. The van der Waals surface area contributed by atoms with Crippen LogP contribution in [0.2, 0.25) is 0 Å². The van der Waals surface area contributed by atoms with E-state index in [9.17, 15) is 8.42 Å². The molecule has 1 aromatic heterocycles. The second-order valence-corrected chi connectivity index (χ2v) is 5.76. The van der Waals surface area contributed by atoms with Gasteiger partial charge in [0.15, 0.2) is 0 Å². The maximum Gasteiger partial charge on any atom is 0.264 e. The molecule has 0 fully saturated rings. The van der Waals surface area contributed by atoms with E-state index < -0.39 is 9.05 Å². The highest BCUT2D eigenvalue weighted by Gasteiger charge is 2.17. The summed E-state index contributed by atoms with van der Waals surface area (Å²) in [5.41, 5.74) is 0.691. The van der Waals surface area contributed by atoms with Gasteiger partial charge in [-0.25, -0.2) is 13.1 Å². The van der Waals surface area contributed by atoms with Crippen LogP contribution in [0, 0.1) is 0 Å². The largest absolute Gasteiger partial charge is 0.495 e. The zero-order valence-electron chi connectivity index (χ0n) is 8.87. The highest BCUT2D eigenvalue weighted by Crippen LogP contribution is 2.28. The fourth-order valence-electron chi connectivity index (χ4n) is 1.42. The van der Waals surface area contributed by atoms with E-state index in [0.717, 1.165) is 0 Å². The van der Waals surface area contributed by atoms with Crippen molar-refractivity contribution in [3.8, 4) is 11.4 Å². The predicted molar refractivity (Wildman–Crippen MR) is 63.2 cm³/mol. The third-order valence-electron chi connectivity index (χ3n) is 2.18. The minimum absolute atomic E-state index is 0.0578. The molecule has 0 aliphatic rings. The summed E-state index contributed by atoms with van der Waals surface area (Å²) in [6, 6.07) is 6.31. The van der Waals surface area contributed by atoms with E-state index in [0.29, 0.717) is 5.69 Å². The molecule has 0 radical (unpaired) electrons. The van der Waals surface area contributed by atoms with Crippen molar-refractivity contribution in [1.29, 1.82) is 0 Å². The quantitative estimate of drug-likeness (QED) is 0.800. The zero-order valence-corrected chi connectivity index (χ0v) is 10.4. The molecule has 90 valence electrons. The van der Waals surface area contributed by atoms with Crippen molar-refractivity contribution in [1.82, 2.24) is 9.78 Å². The summed E-state index contributed by atoms with van der Waals surface area (Å²) < 4.78 is 29.1. The summed E-state index contributed by atoms with van der Waals surface area (Å²) in [6.07, 6.45) is 3.36. The monoisotopic (exact) mass is 272 g/mol. The molecule has 2 rings (SSSR count). The summed E-state index contributed by atoms with van der Waals surface area (Å²) >= 11 is 0. The molecule has 0 N–H and O–H groups in total. The van der Waals surface area contributed by atoms with Crippen molar-refractivity contribution in [2.45, 2.75) is 4.90 Å². The fourth-order valence-corrected chi connectivity index (χ4v) is 2.42. The van der Waals surface area contributed by atoms with Crippen molar-refractivity contribution in [3.63, 3.8) is 0 Å². The number of hydrogen-bond acceptors (Lipinski definition) is 4. The Kier molecular flexibility index (Phi) is 3.08. The summed E-state index contributed by atoms with van der Waals surface area (Å²) in [6.45, 7) is 0. The first-order valence-electron chi connectivity index (χ1n) is 4.65. The van der Waals surface area contributed by atoms with E-state index in [-0.39, 0.29) is 10.6 Å². The van der Waals surface area contributed by atoms with E-state index in [1.807, 2.05) is 0 Å². The Labute approximate surface area is 103 Å². The van der Waals surface area contributed by atoms with Crippen LogP contribution in [0.3, 0.4) is 0 Å². The number of ether oxygens (including phenoxy) is 1. The van der Waals surface area contributed by atoms with Crippen LogP contribution >= 0.6 is 10.7 Å². The fraction of sp³-hybridized carbons (Fsp3) is 0.100. The molecule has 0 bridgehead atoms. The molecule has 0 aliphatic heterocycles. The van der Waals surface area contributed by atoms with Gasteiger partial charge in [0, 0.05) is 29.1 Å². The Morgan fingerprint density at radius 1 is 1.41 bits per heavy atom. The maximum atomic E-state index is 11.3. The zero-order chi connectivity index (χ0) is 12.5. The van der Waals surface area contributed by atoms with Crippen molar-refractivity contribution in [2.75, 3.05) is 7.11 Å². The lowest BCUT2D eigenvalue weighted by atomic mass is 10.3. The molecular formula is C10H9ClN2O3S. The molecule has 1 heterocycles. The number of methoxy groups -OCH3 is 1. The molecule has 17 heavy (non-hydrogen) atoms. The molecule has 7 heteroatoms. The number of nitrogens with zero attached hydrogens (tertiary/aromatic N) is 2. The van der Waals surface area contributed by atoms with Gasteiger partial charge in [-0.1, -0.05) is 0 Å². The van der Waals surface area contributed by atoms with Crippen LogP contribution in [0.5, 0.6) is 5.75 Å². The van der Waals surface area contributed by atoms with Gasteiger partial charge in [-0.05, 0) is 18.2 Å². The van der Waals surface area contributed by atoms with E-state index in [1.165, 1.54) is 13.2 Å². The van der Waals surface area contributed by atoms with Gasteiger partial charge in [-0.2, -0.15) is 5.10 Å². The van der Waals surface area contributed by atoms with E-state index in [2.05, 4.69) is 5.10 Å². The molecule has 5 nitrogen and oxygen atoms in total. The van der Waals surface area contributed by atoms with Gasteiger partial charge in [0.25, 0.3) is 9.05 Å². The minimum Gasteiger partial charge on any atom is -0.495 e. The molecule has 2 aromatic rings. The summed E-state index contributed by atoms with van der Waals surface area (Å²) in [7, 11) is 2.86. The van der Waals surface area contributed by atoms with Crippen LogP contribution in [0.15, 0.2) is 41.6 Å². The van der Waals surface area contributed by atoms with Crippen LogP contribution in [-0.2, 0) is 9.05 Å². The van der Waals surface area contributed by atoms with Gasteiger partial charge in [-0.3, -0.25) is 0 Å². The van der Waals surface area contributed by atoms with Crippen molar-refractivity contribution in [2.24, 2.45) is 0 Å². The standard InChI is InChI=1S/C10H9ClN2O3S/c1-16-9-7-8(13-6-2-5-12-13)3-4-10(9)17(11,14)15/h2-7H,1H3. The Morgan fingerprint density at radius 2 is 2.18 bits per heavy atom. The predicted octanol–water partition coefficient (Wildman–Crippen LogP) is 1.81. The third-order valence-corrected chi connectivity index (χ3v) is 3.54. The average molecular weight is 273 g/mol. The highest BCUT2D eigenvalue weighted by atomic mass is 35.7. The summed E-state index contributed by atoms with van der Waals surface area (Å²) in [5, 5.41) is 4.03. The van der Waals surface area contributed by atoms with Crippen molar-refractivity contribution >= 4 is 19.7 Å². The van der Waals surface area contributed by atoms with Gasteiger partial charge < -0.3 is 4.74 Å². The molecular weight excluding hydrogens is 264 g/mol. The van der Waals surface area contributed by atoms with E-state index >= 15 is 0 Å². The second kappa shape index (κ2) is 4.38. The van der Waals surface area contributed by atoms with Gasteiger partial charge in [-0.15, -0.1) is 0 Å². The maximum absolute atomic E-state index is 11.3. The third kappa shape index (κ3) is 2.42. The first-order valence-corrected chi connectivity index (χ1v) is 6.96. The van der Waals surface area contributed by atoms with Crippen molar-refractivity contribution in [3.05, 3.63) is 36.7 Å². The highest BCUT2D eigenvalue weighted by molar-refractivity contribution is 8.13. The summed E-state index contributed by atoms with van der Waals surface area (Å²) in [5.74, 6) is 0.188. The van der Waals surface area contributed by atoms with Crippen LogP contribution in [0.25, 0.3) is 5.69 Å². The van der Waals surface area contributed by atoms with Gasteiger partial charge in [0.2, 0.25) is 0 Å². The Morgan fingerprint density at radius 3 is 2.71 bits per heavy atom. The number of benzene rings is 1. The molecule has 0 aliphatic carbocycles. The molecule has 0 saturated heterocycles. The van der Waals surface area contributed by atoms with E-state index in [4.69, 9.17) is 15.4 Å². The summed E-state index contributed by atoms with van der Waals surface area (Å²) in [4.78, 5) is -0.0578. The van der Waals surface area contributed by atoms with E-state index in [1.54, 1.807) is 35.3 Å². The van der Waals surface area contributed by atoms with Crippen LogP contribution < -0.4 is 4.74 Å². The smallest absolute Gasteiger partial charge is 0.264 e. The van der Waals surface area contributed by atoms with Crippen LogP contribution in [0.1, 0.15) is 0 Å². The molecule has 1 aromatic carbocycles. The van der Waals surface area contributed by atoms with Gasteiger partial charge >= 0.3 is 0 Å². The lowest BCUT2D eigenvalue weighted by molar-refractivity contribution is 0.403. The molecule has 0 unspecified atom stereocenters. The van der Waals surface area contributed by atoms with Crippen LogP contribution in [-0.4, -0.2) is 25.3 Å². The minimum atomic E-state index is -3.81.